The van der Waals surface area contributed by atoms with Crippen molar-refractivity contribution in [3.8, 4) is 11.5 Å². The van der Waals surface area contributed by atoms with E-state index in [9.17, 15) is 4.39 Å². The minimum Gasteiger partial charge on any atom is -0.456 e. The molecule has 0 atom stereocenters. The molecular weight excluding hydrogens is 287 g/mol. The van der Waals surface area contributed by atoms with Crippen molar-refractivity contribution in [2.24, 2.45) is 5.73 Å². The van der Waals surface area contributed by atoms with Gasteiger partial charge in [-0.25, -0.2) is 4.39 Å². The zero-order valence-electron chi connectivity index (χ0n) is 8.86. The molecule has 2 N–H and O–H groups in total. The molecule has 88 valence electrons. The first-order chi connectivity index (χ1) is 8.19. The van der Waals surface area contributed by atoms with Gasteiger partial charge in [0.1, 0.15) is 17.3 Å². The standard InChI is InChI=1S/C12H10BrFN2O/c13-11-5-8(14)1-2-12(11)17-10-3-4-16-9(6-10)7-15/h1-6H,7,15H2. The van der Waals surface area contributed by atoms with E-state index in [4.69, 9.17) is 10.5 Å². The first kappa shape index (κ1) is 12.0. The van der Waals surface area contributed by atoms with Gasteiger partial charge in [-0.2, -0.15) is 0 Å². The van der Waals surface area contributed by atoms with Crippen LogP contribution < -0.4 is 10.5 Å². The SMILES string of the molecule is NCc1cc(Oc2ccc(F)cc2Br)ccn1. The summed E-state index contributed by atoms with van der Waals surface area (Å²) in [6, 6.07) is 7.71. The van der Waals surface area contributed by atoms with Crippen molar-refractivity contribution in [1.29, 1.82) is 0 Å². The Morgan fingerprint density at radius 1 is 1.29 bits per heavy atom. The van der Waals surface area contributed by atoms with Crippen molar-refractivity contribution in [3.05, 3.63) is 52.5 Å². The molecule has 5 heteroatoms. The van der Waals surface area contributed by atoms with Crippen molar-refractivity contribution >= 4 is 15.9 Å². The van der Waals surface area contributed by atoms with E-state index in [1.165, 1.54) is 12.1 Å². The highest BCUT2D eigenvalue weighted by Crippen LogP contribution is 2.30. The number of benzene rings is 1. The average Bonchev–Trinajstić information content (AvgIpc) is 2.33. The topological polar surface area (TPSA) is 48.1 Å². The van der Waals surface area contributed by atoms with Crippen LogP contribution in [0.2, 0.25) is 0 Å². The van der Waals surface area contributed by atoms with Crippen LogP contribution in [0.15, 0.2) is 41.0 Å². The van der Waals surface area contributed by atoms with Gasteiger partial charge in [-0.3, -0.25) is 4.98 Å². The minimum absolute atomic E-state index is 0.318. The van der Waals surface area contributed by atoms with Crippen LogP contribution in [0.1, 0.15) is 5.69 Å². The van der Waals surface area contributed by atoms with Crippen LogP contribution in [-0.2, 0) is 6.54 Å². The van der Waals surface area contributed by atoms with Crippen LogP contribution in [0.25, 0.3) is 0 Å². The summed E-state index contributed by atoms with van der Waals surface area (Å²) >= 11 is 3.23. The molecule has 1 aromatic carbocycles. The van der Waals surface area contributed by atoms with Crippen molar-refractivity contribution in [2.75, 3.05) is 0 Å². The Labute approximate surface area is 107 Å². The molecule has 1 aromatic heterocycles. The molecule has 2 aromatic rings. The highest BCUT2D eigenvalue weighted by Gasteiger charge is 2.04. The second kappa shape index (κ2) is 5.25. The molecule has 0 aliphatic rings. The molecule has 0 amide bonds. The lowest BCUT2D eigenvalue weighted by Crippen LogP contribution is -1.99. The van der Waals surface area contributed by atoms with Crippen molar-refractivity contribution in [1.82, 2.24) is 4.98 Å². The fourth-order valence-corrected chi connectivity index (χ4v) is 1.75. The largest absolute Gasteiger partial charge is 0.456 e. The van der Waals surface area contributed by atoms with Gasteiger partial charge in [0.25, 0.3) is 0 Å². The third-order valence-corrected chi connectivity index (χ3v) is 2.74. The maximum absolute atomic E-state index is 12.9. The smallest absolute Gasteiger partial charge is 0.141 e. The highest BCUT2D eigenvalue weighted by atomic mass is 79.9. The van der Waals surface area contributed by atoms with Gasteiger partial charge in [0, 0.05) is 18.8 Å². The molecular formula is C12H10BrFN2O. The number of hydrogen-bond donors (Lipinski definition) is 1. The summed E-state index contributed by atoms with van der Waals surface area (Å²) in [5, 5.41) is 0. The number of aromatic nitrogens is 1. The van der Waals surface area contributed by atoms with Gasteiger partial charge < -0.3 is 10.5 Å². The number of ether oxygens (including phenoxy) is 1. The molecule has 17 heavy (non-hydrogen) atoms. The molecule has 0 aliphatic carbocycles. The minimum atomic E-state index is -0.318. The molecule has 0 aliphatic heterocycles. The molecule has 3 nitrogen and oxygen atoms in total. The van der Waals surface area contributed by atoms with Crippen molar-refractivity contribution in [3.63, 3.8) is 0 Å². The Morgan fingerprint density at radius 3 is 2.82 bits per heavy atom. The lowest BCUT2D eigenvalue weighted by atomic mass is 10.3. The predicted octanol–water partition coefficient (Wildman–Crippen LogP) is 3.23. The predicted molar refractivity (Wildman–Crippen MR) is 66.3 cm³/mol. The highest BCUT2D eigenvalue weighted by molar-refractivity contribution is 9.10. The second-order valence-electron chi connectivity index (χ2n) is 3.36. The maximum atomic E-state index is 12.9. The summed E-state index contributed by atoms with van der Waals surface area (Å²) in [5.74, 6) is 0.843. The van der Waals surface area contributed by atoms with Crippen LogP contribution in [0.5, 0.6) is 11.5 Å². The van der Waals surface area contributed by atoms with Gasteiger partial charge in [-0.05, 0) is 40.2 Å². The first-order valence-electron chi connectivity index (χ1n) is 4.97. The van der Waals surface area contributed by atoms with Gasteiger partial charge in [-0.1, -0.05) is 0 Å². The monoisotopic (exact) mass is 296 g/mol. The molecule has 0 radical (unpaired) electrons. The molecule has 0 fully saturated rings. The number of hydrogen-bond acceptors (Lipinski definition) is 3. The Bertz CT molecular complexity index is 534. The Kier molecular flexibility index (Phi) is 3.71. The number of pyridine rings is 1. The Balaban J connectivity index is 2.25. The first-order valence-corrected chi connectivity index (χ1v) is 5.76. The van der Waals surface area contributed by atoms with Gasteiger partial charge in [-0.15, -0.1) is 0 Å². The van der Waals surface area contributed by atoms with E-state index in [0.29, 0.717) is 22.5 Å². The third-order valence-electron chi connectivity index (χ3n) is 2.12. The fraction of sp³-hybridized carbons (Fsp3) is 0.0833. The van der Waals surface area contributed by atoms with Crippen molar-refractivity contribution in [2.45, 2.75) is 6.54 Å². The maximum Gasteiger partial charge on any atom is 0.141 e. The normalized spacial score (nSPS) is 10.3. The zero-order chi connectivity index (χ0) is 12.3. The molecule has 0 unspecified atom stereocenters. The van der Waals surface area contributed by atoms with E-state index in [1.54, 1.807) is 24.4 Å². The van der Waals surface area contributed by atoms with E-state index < -0.39 is 0 Å². The molecule has 0 spiro atoms. The summed E-state index contributed by atoms with van der Waals surface area (Å²) in [4.78, 5) is 4.06. The lowest BCUT2D eigenvalue weighted by Gasteiger charge is -2.08. The van der Waals surface area contributed by atoms with E-state index in [-0.39, 0.29) is 5.82 Å². The van der Waals surface area contributed by atoms with E-state index >= 15 is 0 Å². The third kappa shape index (κ3) is 3.01. The number of rotatable bonds is 3. The fourth-order valence-electron chi connectivity index (χ4n) is 1.32. The Morgan fingerprint density at radius 2 is 2.12 bits per heavy atom. The number of halogens is 2. The van der Waals surface area contributed by atoms with Gasteiger partial charge in [0.15, 0.2) is 0 Å². The number of nitrogens with two attached hydrogens (primary N) is 1. The van der Waals surface area contributed by atoms with E-state index in [1.807, 2.05) is 0 Å². The zero-order valence-corrected chi connectivity index (χ0v) is 10.4. The summed E-state index contributed by atoms with van der Waals surface area (Å²) < 4.78 is 19.0. The van der Waals surface area contributed by atoms with Crippen LogP contribution in [0.3, 0.4) is 0 Å². The average molecular weight is 297 g/mol. The van der Waals surface area contributed by atoms with Gasteiger partial charge in [0.05, 0.1) is 10.2 Å². The molecule has 1 heterocycles. The summed E-state index contributed by atoms with van der Waals surface area (Å²) in [5.41, 5.74) is 6.22. The van der Waals surface area contributed by atoms with Crippen LogP contribution in [0, 0.1) is 5.82 Å². The van der Waals surface area contributed by atoms with Crippen LogP contribution in [0.4, 0.5) is 4.39 Å². The molecule has 0 bridgehead atoms. The summed E-state index contributed by atoms with van der Waals surface area (Å²) in [6.45, 7) is 0.349. The molecule has 2 rings (SSSR count). The Hall–Kier alpha value is -1.46. The van der Waals surface area contributed by atoms with Crippen LogP contribution >= 0.6 is 15.9 Å². The number of nitrogens with zero attached hydrogens (tertiary/aromatic N) is 1. The second-order valence-corrected chi connectivity index (χ2v) is 4.22. The molecule has 0 saturated carbocycles. The van der Waals surface area contributed by atoms with Crippen LogP contribution in [-0.4, -0.2) is 4.98 Å². The lowest BCUT2D eigenvalue weighted by molar-refractivity contribution is 0.475. The van der Waals surface area contributed by atoms with Gasteiger partial charge in [0.2, 0.25) is 0 Å². The van der Waals surface area contributed by atoms with Crippen molar-refractivity contribution < 1.29 is 9.13 Å². The summed E-state index contributed by atoms with van der Waals surface area (Å²) in [7, 11) is 0. The van der Waals surface area contributed by atoms with Gasteiger partial charge >= 0.3 is 0 Å². The summed E-state index contributed by atoms with van der Waals surface area (Å²) in [6.07, 6.45) is 1.62. The molecule has 0 saturated heterocycles. The van der Waals surface area contributed by atoms with E-state index in [2.05, 4.69) is 20.9 Å². The van der Waals surface area contributed by atoms with E-state index in [0.717, 1.165) is 5.69 Å². The quantitative estimate of drug-likeness (QED) is 0.946.